The minimum absolute atomic E-state index is 0.135. The van der Waals surface area contributed by atoms with Crippen molar-refractivity contribution in [2.75, 3.05) is 26.2 Å². The lowest BCUT2D eigenvalue weighted by Crippen LogP contribution is -2.58. The molecule has 1 saturated heterocycles. The van der Waals surface area contributed by atoms with Gasteiger partial charge in [-0.05, 0) is 55.7 Å². The van der Waals surface area contributed by atoms with Crippen molar-refractivity contribution < 1.29 is 9.59 Å². The normalized spacial score (nSPS) is 20.7. The second kappa shape index (κ2) is 11.3. The number of rotatable bonds is 8. The Balaban J connectivity index is 1.56. The van der Waals surface area contributed by atoms with Crippen LogP contribution in [-0.2, 0) is 16.0 Å². The third-order valence-corrected chi connectivity index (χ3v) is 7.15. The molecule has 1 aliphatic heterocycles. The monoisotopic (exact) mass is 449 g/mol. The predicted octanol–water partition coefficient (Wildman–Crippen LogP) is 1.98. The number of amides is 2. The molecule has 0 unspecified atom stereocenters. The molecule has 0 bridgehead atoms. The highest BCUT2D eigenvalue weighted by molar-refractivity contribution is 6.30. The number of carbonyl (C=O) groups excluding carboxylic acids is 2. The summed E-state index contributed by atoms with van der Waals surface area (Å²) in [5, 5.41) is 5.62. The van der Waals surface area contributed by atoms with Gasteiger partial charge in [-0.2, -0.15) is 0 Å². The molecule has 8 heteroatoms. The highest BCUT2D eigenvalue weighted by Crippen LogP contribution is 2.45. The molecule has 31 heavy (non-hydrogen) atoms. The first-order chi connectivity index (χ1) is 14.9. The van der Waals surface area contributed by atoms with Crippen LogP contribution in [0.2, 0.25) is 5.02 Å². The van der Waals surface area contributed by atoms with E-state index in [1.54, 1.807) is 12.1 Å². The first-order valence-electron chi connectivity index (χ1n) is 11.5. The van der Waals surface area contributed by atoms with Gasteiger partial charge < -0.3 is 16.8 Å². The van der Waals surface area contributed by atoms with E-state index in [0.29, 0.717) is 43.5 Å². The van der Waals surface area contributed by atoms with Gasteiger partial charge >= 0.3 is 0 Å². The van der Waals surface area contributed by atoms with Crippen LogP contribution in [0.1, 0.15) is 50.5 Å². The summed E-state index contributed by atoms with van der Waals surface area (Å²) in [6.45, 7) is 2.24. The summed E-state index contributed by atoms with van der Waals surface area (Å²) in [6.07, 6.45) is 7.77. The Morgan fingerprint density at radius 2 is 1.77 bits per heavy atom. The summed E-state index contributed by atoms with van der Waals surface area (Å²) in [6, 6.07) is 6.72. The van der Waals surface area contributed by atoms with Gasteiger partial charge in [-0.25, -0.2) is 5.01 Å². The molecule has 0 radical (unpaired) electrons. The maximum absolute atomic E-state index is 13.1. The summed E-state index contributed by atoms with van der Waals surface area (Å²) >= 11 is 5.92. The van der Waals surface area contributed by atoms with E-state index in [9.17, 15) is 9.59 Å². The average Bonchev–Trinajstić information content (AvgIpc) is 2.80. The number of nitrogens with one attached hydrogen (secondary N) is 2. The quantitative estimate of drug-likeness (QED) is 0.484. The molecule has 3 rings (SSSR count). The summed E-state index contributed by atoms with van der Waals surface area (Å²) in [7, 11) is 0. The van der Waals surface area contributed by atoms with Gasteiger partial charge in [-0.3, -0.25) is 15.0 Å². The van der Waals surface area contributed by atoms with Gasteiger partial charge in [-0.15, -0.1) is 0 Å². The number of nitrogens with two attached hydrogens (primary N) is 2. The maximum atomic E-state index is 13.1. The first-order valence-corrected chi connectivity index (χ1v) is 11.9. The molecular formula is C23H36ClN5O2. The Kier molecular flexibility index (Phi) is 8.72. The van der Waals surface area contributed by atoms with Crippen molar-refractivity contribution in [3.8, 4) is 0 Å². The zero-order valence-corrected chi connectivity index (χ0v) is 19.0. The highest BCUT2D eigenvalue weighted by atomic mass is 35.5. The van der Waals surface area contributed by atoms with Gasteiger partial charge in [0, 0.05) is 31.2 Å². The molecule has 1 aliphatic carbocycles. The number of hydrogen-bond acceptors (Lipinski definition) is 5. The summed E-state index contributed by atoms with van der Waals surface area (Å²) in [5.41, 5.74) is 15.3. The van der Waals surface area contributed by atoms with E-state index in [4.69, 9.17) is 23.1 Å². The molecule has 2 aliphatic rings. The van der Waals surface area contributed by atoms with Gasteiger partial charge in [-0.1, -0.05) is 43.0 Å². The number of carbonyl (C=O) groups is 2. The molecule has 1 aromatic rings. The maximum Gasteiger partial charge on any atom is 0.251 e. The Labute approximate surface area is 190 Å². The first kappa shape index (κ1) is 24.0. The van der Waals surface area contributed by atoms with Gasteiger partial charge in [0.05, 0.1) is 11.5 Å². The van der Waals surface area contributed by atoms with Crippen molar-refractivity contribution in [2.24, 2.45) is 22.8 Å². The highest BCUT2D eigenvalue weighted by Gasteiger charge is 2.47. The fourth-order valence-corrected chi connectivity index (χ4v) is 5.19. The second-order valence-corrected chi connectivity index (χ2v) is 9.37. The van der Waals surface area contributed by atoms with Gasteiger partial charge in [0.2, 0.25) is 5.91 Å². The van der Waals surface area contributed by atoms with E-state index in [-0.39, 0.29) is 17.2 Å². The minimum Gasteiger partial charge on any atom is -0.354 e. The van der Waals surface area contributed by atoms with E-state index < -0.39 is 6.04 Å². The molecule has 2 fully saturated rings. The number of piperidine rings is 1. The van der Waals surface area contributed by atoms with Crippen LogP contribution in [0.15, 0.2) is 24.3 Å². The molecule has 6 N–H and O–H groups in total. The van der Waals surface area contributed by atoms with Crippen LogP contribution < -0.4 is 22.2 Å². The number of hydrazine groups is 1. The summed E-state index contributed by atoms with van der Waals surface area (Å²) in [5.74, 6) is 0.340. The summed E-state index contributed by atoms with van der Waals surface area (Å²) < 4.78 is 0. The number of benzene rings is 1. The van der Waals surface area contributed by atoms with Crippen molar-refractivity contribution >= 4 is 23.4 Å². The molecule has 1 atom stereocenters. The van der Waals surface area contributed by atoms with E-state index in [0.717, 1.165) is 31.2 Å². The van der Waals surface area contributed by atoms with Crippen molar-refractivity contribution in [3.05, 3.63) is 34.9 Å². The van der Waals surface area contributed by atoms with Crippen LogP contribution in [0.4, 0.5) is 0 Å². The standard InChI is InChI=1S/C23H36ClN5O2/c24-19-8-6-17(7-9-19)16-20(26)21(30)28-29-14-10-23(11-15-29,22(31)27-13-12-25)18-4-2-1-3-5-18/h6-9,18,20H,1-5,10-16,25-26H2,(H,27,31)(H,28,30)/t20-/m1/s1. The molecule has 1 heterocycles. The van der Waals surface area contributed by atoms with E-state index in [1.165, 1.54) is 19.3 Å². The number of halogens is 1. The van der Waals surface area contributed by atoms with Gasteiger partial charge in [0.15, 0.2) is 0 Å². The Morgan fingerprint density at radius 1 is 1.13 bits per heavy atom. The molecule has 1 aromatic carbocycles. The molecule has 1 saturated carbocycles. The molecule has 2 amide bonds. The Morgan fingerprint density at radius 3 is 2.39 bits per heavy atom. The zero-order chi connectivity index (χ0) is 22.3. The van der Waals surface area contributed by atoms with Crippen molar-refractivity contribution in [2.45, 2.75) is 57.4 Å². The molecular weight excluding hydrogens is 414 g/mol. The van der Waals surface area contributed by atoms with Crippen molar-refractivity contribution in [3.63, 3.8) is 0 Å². The fourth-order valence-electron chi connectivity index (χ4n) is 5.06. The predicted molar refractivity (Wildman–Crippen MR) is 123 cm³/mol. The van der Waals surface area contributed by atoms with E-state index in [1.807, 2.05) is 17.1 Å². The molecule has 0 spiro atoms. The number of hydrogen-bond donors (Lipinski definition) is 4. The van der Waals surface area contributed by atoms with Crippen LogP contribution >= 0.6 is 11.6 Å². The molecule has 172 valence electrons. The lowest BCUT2D eigenvalue weighted by molar-refractivity contribution is -0.141. The van der Waals surface area contributed by atoms with E-state index in [2.05, 4.69) is 10.7 Å². The Hall–Kier alpha value is -1.67. The fraction of sp³-hybridized carbons (Fsp3) is 0.652. The second-order valence-electron chi connectivity index (χ2n) is 8.94. The van der Waals surface area contributed by atoms with Crippen LogP contribution in [0.3, 0.4) is 0 Å². The third-order valence-electron chi connectivity index (χ3n) is 6.90. The van der Waals surface area contributed by atoms with E-state index >= 15 is 0 Å². The SMILES string of the molecule is NCCNC(=O)C1(C2CCCCC2)CCN(NC(=O)[C@H](N)Cc2ccc(Cl)cc2)CC1. The third kappa shape index (κ3) is 6.19. The molecule has 7 nitrogen and oxygen atoms in total. The lowest BCUT2D eigenvalue weighted by Gasteiger charge is -2.46. The summed E-state index contributed by atoms with van der Waals surface area (Å²) in [4.78, 5) is 25.8. The number of nitrogens with zero attached hydrogens (tertiary/aromatic N) is 1. The van der Waals surface area contributed by atoms with Crippen molar-refractivity contribution in [1.29, 1.82) is 0 Å². The van der Waals surface area contributed by atoms with Crippen LogP contribution in [-0.4, -0.2) is 49.0 Å². The smallest absolute Gasteiger partial charge is 0.251 e. The topological polar surface area (TPSA) is 113 Å². The Bertz CT molecular complexity index is 728. The van der Waals surface area contributed by atoms with Crippen molar-refractivity contribution in [1.82, 2.24) is 15.8 Å². The lowest BCUT2D eigenvalue weighted by atomic mass is 9.63. The van der Waals surface area contributed by atoms with Crippen LogP contribution in [0, 0.1) is 11.3 Å². The minimum atomic E-state index is -0.640. The van der Waals surface area contributed by atoms with Crippen LogP contribution in [0.25, 0.3) is 0 Å². The van der Waals surface area contributed by atoms with Gasteiger partial charge in [0.25, 0.3) is 5.91 Å². The average molecular weight is 450 g/mol. The molecule has 0 aromatic heterocycles. The van der Waals surface area contributed by atoms with Crippen LogP contribution in [0.5, 0.6) is 0 Å². The zero-order valence-electron chi connectivity index (χ0n) is 18.2. The van der Waals surface area contributed by atoms with Gasteiger partial charge in [0.1, 0.15) is 0 Å². The largest absolute Gasteiger partial charge is 0.354 e.